The summed E-state index contributed by atoms with van der Waals surface area (Å²) in [5, 5.41) is 3.40. The van der Waals surface area contributed by atoms with E-state index in [4.69, 9.17) is 24.4 Å². The second-order valence-corrected chi connectivity index (χ2v) is 7.51. The Morgan fingerprint density at radius 1 is 0.828 bits per heavy atom. The van der Waals surface area contributed by atoms with E-state index in [9.17, 15) is 0 Å². The van der Waals surface area contributed by atoms with Crippen LogP contribution >= 0.6 is 0 Å². The van der Waals surface area contributed by atoms with Crippen LogP contribution in [-0.2, 0) is 6.42 Å². The van der Waals surface area contributed by atoms with Crippen molar-refractivity contribution in [2.75, 3.05) is 62.1 Å². The Morgan fingerprint density at radius 2 is 1.41 bits per heavy atom. The van der Waals surface area contributed by atoms with Gasteiger partial charge in [0, 0.05) is 32.7 Å². The van der Waals surface area contributed by atoms with Gasteiger partial charge in [-0.2, -0.15) is 15.0 Å². The third-order valence-electron chi connectivity index (χ3n) is 5.53. The molecule has 8 heteroatoms. The Morgan fingerprint density at radius 3 is 1.97 bits per heavy atom. The highest BCUT2D eigenvalue weighted by atomic mass is 16.5. The number of hydrogen-bond donors (Lipinski definition) is 1. The van der Waals surface area contributed by atoms with Crippen molar-refractivity contribution in [3.8, 4) is 11.5 Å². The van der Waals surface area contributed by atoms with E-state index in [0.717, 1.165) is 62.5 Å². The first kappa shape index (κ1) is 19.5. The summed E-state index contributed by atoms with van der Waals surface area (Å²) in [7, 11) is 3.31. The van der Waals surface area contributed by atoms with E-state index < -0.39 is 0 Å². The van der Waals surface area contributed by atoms with E-state index >= 15 is 0 Å². The number of ether oxygens (including phenoxy) is 2. The molecule has 2 fully saturated rings. The normalized spacial score (nSPS) is 16.3. The summed E-state index contributed by atoms with van der Waals surface area (Å²) in [5.41, 5.74) is 1.17. The van der Waals surface area contributed by atoms with Crippen LogP contribution in [0.2, 0.25) is 0 Å². The van der Waals surface area contributed by atoms with Crippen molar-refractivity contribution >= 4 is 17.8 Å². The molecule has 2 aliphatic heterocycles. The molecular formula is C21H30N6O2. The van der Waals surface area contributed by atoms with Crippen LogP contribution in [0, 0.1) is 0 Å². The molecule has 156 valence electrons. The van der Waals surface area contributed by atoms with E-state index in [-0.39, 0.29) is 0 Å². The number of methoxy groups -OCH3 is 2. The molecule has 1 aromatic carbocycles. The fourth-order valence-corrected chi connectivity index (χ4v) is 3.90. The van der Waals surface area contributed by atoms with Crippen LogP contribution < -0.4 is 24.6 Å². The van der Waals surface area contributed by atoms with Gasteiger partial charge >= 0.3 is 0 Å². The molecule has 4 rings (SSSR count). The minimum Gasteiger partial charge on any atom is -0.493 e. The second-order valence-electron chi connectivity index (χ2n) is 7.51. The second kappa shape index (κ2) is 9.15. The molecule has 8 nitrogen and oxygen atoms in total. The van der Waals surface area contributed by atoms with Gasteiger partial charge in [0.15, 0.2) is 11.5 Å². The van der Waals surface area contributed by atoms with Crippen LogP contribution in [0.25, 0.3) is 0 Å². The third kappa shape index (κ3) is 4.63. The fourth-order valence-electron chi connectivity index (χ4n) is 3.90. The lowest BCUT2D eigenvalue weighted by Crippen LogP contribution is -2.26. The molecule has 1 aromatic heterocycles. The lowest BCUT2D eigenvalue weighted by atomic mass is 10.1. The molecule has 0 unspecified atom stereocenters. The topological polar surface area (TPSA) is 75.6 Å². The lowest BCUT2D eigenvalue weighted by molar-refractivity contribution is 0.354. The number of benzene rings is 1. The van der Waals surface area contributed by atoms with E-state index in [0.29, 0.717) is 5.95 Å². The van der Waals surface area contributed by atoms with Gasteiger partial charge < -0.3 is 24.6 Å². The van der Waals surface area contributed by atoms with Crippen LogP contribution in [0.15, 0.2) is 18.2 Å². The number of aromatic nitrogens is 3. The zero-order valence-electron chi connectivity index (χ0n) is 17.4. The van der Waals surface area contributed by atoms with Gasteiger partial charge in [0.1, 0.15) is 0 Å². The van der Waals surface area contributed by atoms with Crippen molar-refractivity contribution in [3.05, 3.63) is 23.8 Å². The quantitative estimate of drug-likeness (QED) is 0.728. The summed E-state index contributed by atoms with van der Waals surface area (Å²) >= 11 is 0. The number of nitrogens with zero attached hydrogens (tertiary/aromatic N) is 5. The van der Waals surface area contributed by atoms with Crippen molar-refractivity contribution < 1.29 is 9.47 Å². The molecule has 2 aliphatic rings. The summed E-state index contributed by atoms with van der Waals surface area (Å²) < 4.78 is 10.7. The Labute approximate surface area is 172 Å². The van der Waals surface area contributed by atoms with Gasteiger partial charge in [-0.3, -0.25) is 0 Å². The van der Waals surface area contributed by atoms with Crippen molar-refractivity contribution in [2.45, 2.75) is 32.1 Å². The highest BCUT2D eigenvalue weighted by molar-refractivity contribution is 5.47. The van der Waals surface area contributed by atoms with Gasteiger partial charge in [0.05, 0.1) is 14.2 Å². The first-order valence-corrected chi connectivity index (χ1v) is 10.5. The maximum atomic E-state index is 5.40. The van der Waals surface area contributed by atoms with Gasteiger partial charge in [-0.1, -0.05) is 6.07 Å². The van der Waals surface area contributed by atoms with Crippen molar-refractivity contribution in [1.29, 1.82) is 0 Å². The van der Waals surface area contributed by atoms with Gasteiger partial charge in [0.25, 0.3) is 0 Å². The Hall–Kier alpha value is -2.77. The molecule has 0 spiro atoms. The number of nitrogens with one attached hydrogen (secondary N) is 1. The summed E-state index contributed by atoms with van der Waals surface area (Å²) in [6, 6.07) is 6.01. The fraction of sp³-hybridized carbons (Fsp3) is 0.571. The largest absolute Gasteiger partial charge is 0.493 e. The average molecular weight is 399 g/mol. The van der Waals surface area contributed by atoms with Crippen LogP contribution in [0.5, 0.6) is 11.5 Å². The van der Waals surface area contributed by atoms with Crippen LogP contribution in [0.1, 0.15) is 31.2 Å². The molecule has 0 radical (unpaired) electrons. The smallest absolute Gasteiger partial charge is 0.231 e. The number of anilines is 3. The molecule has 0 saturated carbocycles. The first-order chi connectivity index (χ1) is 14.3. The molecule has 0 bridgehead atoms. The predicted molar refractivity (Wildman–Crippen MR) is 114 cm³/mol. The van der Waals surface area contributed by atoms with Crippen molar-refractivity contribution in [3.63, 3.8) is 0 Å². The van der Waals surface area contributed by atoms with Crippen LogP contribution in [0.4, 0.5) is 17.8 Å². The highest BCUT2D eigenvalue weighted by Crippen LogP contribution is 2.28. The molecule has 0 amide bonds. The molecule has 1 N–H and O–H groups in total. The van der Waals surface area contributed by atoms with E-state index in [2.05, 4.69) is 21.2 Å². The summed E-state index contributed by atoms with van der Waals surface area (Å²) in [5.74, 6) is 3.75. The lowest BCUT2D eigenvalue weighted by Gasteiger charge is -2.20. The van der Waals surface area contributed by atoms with Gasteiger partial charge in [-0.25, -0.2) is 0 Å². The third-order valence-corrected chi connectivity index (χ3v) is 5.53. The monoisotopic (exact) mass is 398 g/mol. The Bertz CT molecular complexity index is 785. The van der Waals surface area contributed by atoms with E-state index in [1.54, 1.807) is 14.2 Å². The highest BCUT2D eigenvalue weighted by Gasteiger charge is 2.21. The summed E-state index contributed by atoms with van der Waals surface area (Å²) in [6.07, 6.45) is 5.64. The Kier molecular flexibility index (Phi) is 6.17. The zero-order valence-corrected chi connectivity index (χ0v) is 17.4. The molecule has 2 aromatic rings. The molecule has 29 heavy (non-hydrogen) atoms. The molecular weight excluding hydrogens is 368 g/mol. The molecule has 0 aliphatic carbocycles. The Balaban J connectivity index is 1.46. The summed E-state index contributed by atoms with van der Waals surface area (Å²) in [4.78, 5) is 18.7. The van der Waals surface area contributed by atoms with Crippen molar-refractivity contribution in [1.82, 2.24) is 15.0 Å². The SMILES string of the molecule is COc1ccc(CCNc2nc(N3CCCC3)nc(N3CCCC3)n2)cc1OC. The summed E-state index contributed by atoms with van der Waals surface area (Å²) in [6.45, 7) is 4.82. The average Bonchev–Trinajstić information content (AvgIpc) is 3.47. The standard InChI is InChI=1S/C21H30N6O2/c1-28-17-8-7-16(15-18(17)29-2)9-10-22-19-23-20(26-11-3-4-12-26)25-21(24-19)27-13-5-6-14-27/h7-8,15H,3-6,9-14H2,1-2H3,(H,22,23,24,25). The van der Waals surface area contributed by atoms with Gasteiger partial charge in [-0.05, 0) is 49.8 Å². The number of rotatable bonds is 8. The first-order valence-electron chi connectivity index (χ1n) is 10.5. The number of hydrogen-bond acceptors (Lipinski definition) is 8. The van der Waals surface area contributed by atoms with Crippen LogP contribution in [-0.4, -0.2) is 61.9 Å². The molecule has 0 atom stereocenters. The van der Waals surface area contributed by atoms with Crippen molar-refractivity contribution in [2.24, 2.45) is 0 Å². The van der Waals surface area contributed by atoms with E-state index in [1.807, 2.05) is 12.1 Å². The molecule has 2 saturated heterocycles. The zero-order chi connectivity index (χ0) is 20.1. The maximum absolute atomic E-state index is 5.40. The maximum Gasteiger partial charge on any atom is 0.231 e. The molecule has 3 heterocycles. The van der Waals surface area contributed by atoms with Gasteiger partial charge in [-0.15, -0.1) is 0 Å². The minimum absolute atomic E-state index is 0.657. The van der Waals surface area contributed by atoms with E-state index in [1.165, 1.54) is 31.2 Å². The predicted octanol–water partition coefficient (Wildman–Crippen LogP) is 2.74. The minimum atomic E-state index is 0.657. The van der Waals surface area contributed by atoms with Crippen LogP contribution in [0.3, 0.4) is 0 Å². The van der Waals surface area contributed by atoms with Gasteiger partial charge in [0.2, 0.25) is 17.8 Å².